The van der Waals surface area contributed by atoms with Crippen LogP contribution in [-0.2, 0) is 10.0 Å². The minimum absolute atomic E-state index is 0.119. The van der Waals surface area contributed by atoms with Crippen molar-refractivity contribution >= 4 is 48.0 Å². The van der Waals surface area contributed by atoms with Crippen LogP contribution in [0, 0.1) is 12.8 Å². The average Bonchev–Trinajstić information content (AvgIpc) is 3.46. The lowest BCUT2D eigenvalue weighted by Crippen LogP contribution is -2.40. The van der Waals surface area contributed by atoms with E-state index in [0.717, 1.165) is 45.0 Å². The number of aryl methyl sites for hydroxylation is 1. The predicted molar refractivity (Wildman–Crippen MR) is 127 cm³/mol. The molecule has 1 unspecified atom stereocenters. The van der Waals surface area contributed by atoms with Gasteiger partial charge in [-0.3, -0.25) is 14.1 Å². The fourth-order valence-corrected chi connectivity index (χ4v) is 7.66. The Kier molecular flexibility index (Phi) is 4.99. The average molecular weight is 472 g/mol. The van der Waals surface area contributed by atoms with Gasteiger partial charge < -0.3 is 0 Å². The molecule has 4 aromatic rings. The van der Waals surface area contributed by atoms with E-state index >= 15 is 0 Å². The standard InChI is InChI=1S/C22H21N3O3S3/c1-13-18-5-3-4-6-19(18)29-21(13)25(14(2)15-7-8-15)31(27,28)17-11-9-16(10-12-17)20-23-22(26)30-24-20/h3-6,9-12,14-15H,7-8H2,1-2H3,(H,23,24,26). The summed E-state index contributed by atoms with van der Waals surface area (Å²) in [6.07, 6.45) is 2.10. The van der Waals surface area contributed by atoms with E-state index in [1.807, 2.05) is 38.1 Å². The molecule has 2 aromatic heterocycles. The molecule has 2 heterocycles. The molecule has 0 saturated heterocycles. The van der Waals surface area contributed by atoms with Crippen LogP contribution in [0.5, 0.6) is 0 Å². The van der Waals surface area contributed by atoms with Gasteiger partial charge >= 0.3 is 4.87 Å². The van der Waals surface area contributed by atoms with E-state index in [9.17, 15) is 13.2 Å². The van der Waals surface area contributed by atoms with E-state index in [1.54, 1.807) is 28.6 Å². The molecule has 1 aliphatic rings. The molecule has 9 heteroatoms. The normalized spacial score (nSPS) is 15.3. The van der Waals surface area contributed by atoms with Crippen molar-refractivity contribution < 1.29 is 8.42 Å². The second kappa shape index (κ2) is 7.58. The number of nitrogens with zero attached hydrogens (tertiary/aromatic N) is 2. The van der Waals surface area contributed by atoms with E-state index in [4.69, 9.17) is 0 Å². The molecule has 1 fully saturated rings. The highest BCUT2D eigenvalue weighted by Gasteiger charge is 2.40. The number of fused-ring (bicyclic) bond motifs is 1. The summed E-state index contributed by atoms with van der Waals surface area (Å²) in [5.41, 5.74) is 1.67. The van der Waals surface area contributed by atoms with Crippen molar-refractivity contribution in [3.63, 3.8) is 0 Å². The summed E-state index contributed by atoms with van der Waals surface area (Å²) in [6, 6.07) is 14.5. The van der Waals surface area contributed by atoms with Gasteiger partial charge in [-0.1, -0.05) is 18.2 Å². The second-order valence-corrected chi connectivity index (χ2v) is 11.5. The molecule has 0 amide bonds. The number of benzene rings is 2. The van der Waals surface area contributed by atoms with Crippen LogP contribution in [0.3, 0.4) is 0 Å². The number of thiophene rings is 1. The number of sulfonamides is 1. The summed E-state index contributed by atoms with van der Waals surface area (Å²) in [5, 5.41) is 1.88. The van der Waals surface area contributed by atoms with Crippen LogP contribution >= 0.6 is 22.9 Å². The van der Waals surface area contributed by atoms with Crippen molar-refractivity contribution in [1.29, 1.82) is 0 Å². The molecule has 1 aliphatic carbocycles. The van der Waals surface area contributed by atoms with E-state index in [1.165, 1.54) is 11.3 Å². The third kappa shape index (κ3) is 3.60. The number of hydrogen-bond donors (Lipinski definition) is 1. The molecule has 31 heavy (non-hydrogen) atoms. The third-order valence-electron chi connectivity index (χ3n) is 5.82. The van der Waals surface area contributed by atoms with Crippen LogP contribution in [-0.4, -0.2) is 23.8 Å². The van der Waals surface area contributed by atoms with Crippen molar-refractivity contribution in [2.24, 2.45) is 5.92 Å². The number of rotatable bonds is 6. The summed E-state index contributed by atoms with van der Waals surface area (Å²) in [5.74, 6) is 0.821. The summed E-state index contributed by atoms with van der Waals surface area (Å²) in [7, 11) is -3.77. The van der Waals surface area contributed by atoms with Gasteiger partial charge in [-0.2, -0.15) is 4.37 Å². The van der Waals surface area contributed by atoms with Gasteiger partial charge in [0.15, 0.2) is 5.82 Å². The molecule has 1 atom stereocenters. The van der Waals surface area contributed by atoms with Gasteiger partial charge in [0.05, 0.1) is 4.90 Å². The second-order valence-electron chi connectivity index (χ2n) is 7.88. The van der Waals surface area contributed by atoms with Gasteiger partial charge in [0.1, 0.15) is 5.00 Å². The van der Waals surface area contributed by atoms with Crippen molar-refractivity contribution in [3.05, 3.63) is 63.8 Å². The van der Waals surface area contributed by atoms with Gasteiger partial charge in [0.2, 0.25) is 0 Å². The first kappa shape index (κ1) is 20.4. The lowest BCUT2D eigenvalue weighted by Gasteiger charge is -2.30. The van der Waals surface area contributed by atoms with Gasteiger partial charge in [-0.15, -0.1) is 11.3 Å². The molecule has 2 aromatic carbocycles. The monoisotopic (exact) mass is 471 g/mol. The number of nitrogens with one attached hydrogen (secondary N) is 1. The molecule has 0 radical (unpaired) electrons. The molecule has 0 bridgehead atoms. The van der Waals surface area contributed by atoms with Crippen LogP contribution in [0.1, 0.15) is 25.3 Å². The zero-order chi connectivity index (χ0) is 21.8. The highest BCUT2D eigenvalue weighted by atomic mass is 32.2. The minimum atomic E-state index is -3.77. The summed E-state index contributed by atoms with van der Waals surface area (Å²) in [4.78, 5) is 14.0. The maximum atomic E-state index is 13.8. The van der Waals surface area contributed by atoms with E-state index in [-0.39, 0.29) is 15.8 Å². The number of hydrogen-bond acceptors (Lipinski definition) is 6. The Morgan fingerprint density at radius 1 is 1.13 bits per heavy atom. The topological polar surface area (TPSA) is 83.1 Å². The SMILES string of the molecule is Cc1c(N(C(C)C2CC2)S(=O)(=O)c2ccc(-c3nsc(=O)[nH]3)cc2)sc2ccccc12. The number of aromatic nitrogens is 2. The lowest BCUT2D eigenvalue weighted by atomic mass is 10.1. The highest BCUT2D eigenvalue weighted by Crippen LogP contribution is 2.45. The van der Waals surface area contributed by atoms with E-state index in [2.05, 4.69) is 9.36 Å². The van der Waals surface area contributed by atoms with Crippen LogP contribution in [0.2, 0.25) is 0 Å². The van der Waals surface area contributed by atoms with Crippen LogP contribution in [0.4, 0.5) is 5.00 Å². The zero-order valence-corrected chi connectivity index (χ0v) is 19.5. The first-order chi connectivity index (χ1) is 14.9. The molecule has 5 rings (SSSR count). The largest absolute Gasteiger partial charge is 0.323 e. The molecule has 160 valence electrons. The first-order valence-electron chi connectivity index (χ1n) is 10.1. The maximum absolute atomic E-state index is 13.8. The maximum Gasteiger partial charge on any atom is 0.323 e. The quantitative estimate of drug-likeness (QED) is 0.428. The van der Waals surface area contributed by atoms with Crippen LogP contribution in [0.25, 0.3) is 21.5 Å². The fraction of sp³-hybridized carbons (Fsp3) is 0.273. The molecule has 0 spiro atoms. The molecule has 1 saturated carbocycles. The number of H-pyrrole nitrogens is 1. The Bertz CT molecular complexity index is 1410. The molecule has 0 aliphatic heterocycles. The van der Waals surface area contributed by atoms with E-state index < -0.39 is 10.0 Å². The van der Waals surface area contributed by atoms with Crippen molar-refractivity contribution in [3.8, 4) is 11.4 Å². The van der Waals surface area contributed by atoms with Gasteiger partial charge in [0, 0.05) is 27.8 Å². The third-order valence-corrected chi connectivity index (χ3v) is 9.65. The van der Waals surface area contributed by atoms with Crippen molar-refractivity contribution in [1.82, 2.24) is 9.36 Å². The summed E-state index contributed by atoms with van der Waals surface area (Å²) < 4.78 is 34.5. The summed E-state index contributed by atoms with van der Waals surface area (Å²) in [6.45, 7) is 4.01. The number of aromatic amines is 1. The Morgan fingerprint density at radius 2 is 1.84 bits per heavy atom. The molecule has 6 nitrogen and oxygen atoms in total. The van der Waals surface area contributed by atoms with E-state index in [0.29, 0.717) is 17.3 Å². The Hall–Kier alpha value is -2.49. The first-order valence-corrected chi connectivity index (χ1v) is 13.1. The van der Waals surface area contributed by atoms with Crippen LogP contribution < -0.4 is 9.18 Å². The van der Waals surface area contributed by atoms with Gasteiger partial charge in [0.25, 0.3) is 10.0 Å². The number of anilines is 1. The highest BCUT2D eigenvalue weighted by molar-refractivity contribution is 7.93. The van der Waals surface area contributed by atoms with Gasteiger partial charge in [-0.05, 0) is 73.9 Å². The Morgan fingerprint density at radius 3 is 2.45 bits per heavy atom. The van der Waals surface area contributed by atoms with Crippen molar-refractivity contribution in [2.75, 3.05) is 4.31 Å². The smallest absolute Gasteiger partial charge is 0.296 e. The Labute approximate surface area is 188 Å². The Balaban J connectivity index is 1.60. The minimum Gasteiger partial charge on any atom is -0.296 e. The van der Waals surface area contributed by atoms with Crippen molar-refractivity contribution in [2.45, 2.75) is 37.6 Å². The lowest BCUT2D eigenvalue weighted by molar-refractivity contribution is 0.567. The van der Waals surface area contributed by atoms with Crippen LogP contribution in [0.15, 0.2) is 58.2 Å². The summed E-state index contributed by atoms with van der Waals surface area (Å²) >= 11 is 2.37. The predicted octanol–water partition coefficient (Wildman–Crippen LogP) is 5.02. The molecular weight excluding hydrogens is 450 g/mol. The fourth-order valence-electron chi connectivity index (χ4n) is 3.91. The zero-order valence-electron chi connectivity index (χ0n) is 17.0. The van der Waals surface area contributed by atoms with Gasteiger partial charge in [-0.25, -0.2) is 8.42 Å². The molecular formula is C22H21N3O3S3. The molecule has 1 N–H and O–H groups in total.